The van der Waals surface area contributed by atoms with E-state index in [2.05, 4.69) is 5.32 Å². The molecule has 1 amide bonds. The van der Waals surface area contributed by atoms with Gasteiger partial charge in [0.15, 0.2) is 5.11 Å². The number of thiocarbonyl (C=S) groups is 1. The number of likely N-dealkylation sites (tertiary alicyclic amines) is 1. The van der Waals surface area contributed by atoms with Gasteiger partial charge in [-0.05, 0) is 36.8 Å². The summed E-state index contributed by atoms with van der Waals surface area (Å²) in [5, 5.41) is 8.91. The number of piperazine rings is 1. The van der Waals surface area contributed by atoms with E-state index in [1.54, 1.807) is 17.0 Å². The Balaban J connectivity index is 1.35. The van der Waals surface area contributed by atoms with Crippen molar-refractivity contribution in [2.45, 2.75) is 12.5 Å². The van der Waals surface area contributed by atoms with E-state index in [-0.39, 0.29) is 19.2 Å². The van der Waals surface area contributed by atoms with E-state index in [0.29, 0.717) is 42.7 Å². The number of ether oxygens (including phenoxy) is 1. The molecule has 1 aromatic carbocycles. The molecule has 10 nitrogen and oxygen atoms in total. The number of hydrogen-bond acceptors (Lipinski definition) is 6. The van der Waals surface area contributed by atoms with Crippen LogP contribution in [0.1, 0.15) is 6.42 Å². The molecule has 3 fully saturated rings. The first-order chi connectivity index (χ1) is 14.7. The molecule has 3 heterocycles. The maximum atomic E-state index is 14.8. The zero-order valence-corrected chi connectivity index (χ0v) is 18.5. The van der Waals surface area contributed by atoms with Gasteiger partial charge in [-0.3, -0.25) is 4.90 Å². The molecule has 0 radical (unpaired) electrons. The fourth-order valence-corrected chi connectivity index (χ4v) is 4.71. The van der Waals surface area contributed by atoms with Crippen LogP contribution in [0, 0.1) is 5.82 Å². The van der Waals surface area contributed by atoms with Gasteiger partial charge in [0.2, 0.25) is 0 Å². The van der Waals surface area contributed by atoms with E-state index in [0.717, 1.165) is 23.8 Å². The van der Waals surface area contributed by atoms with Gasteiger partial charge in [-0.25, -0.2) is 14.3 Å². The molecule has 3 aliphatic heterocycles. The number of carbonyl (C=O) groups is 1. The van der Waals surface area contributed by atoms with E-state index >= 15 is 0 Å². The molecule has 0 bridgehead atoms. The molecule has 3 saturated heterocycles. The third-order valence-electron chi connectivity index (χ3n) is 5.68. The summed E-state index contributed by atoms with van der Waals surface area (Å²) in [6, 6.07) is 4.55. The molecule has 3 N–H and O–H groups in total. The minimum atomic E-state index is -3.75. The van der Waals surface area contributed by atoms with Crippen LogP contribution in [-0.4, -0.2) is 87.3 Å². The van der Waals surface area contributed by atoms with Gasteiger partial charge < -0.3 is 19.9 Å². The molecule has 31 heavy (non-hydrogen) atoms. The standard InChI is InChI=1S/C18H25FN6O4S2/c19-15-10-13(2-3-16(15)22-6-8-24(9-7-22)31(20,27)28)25-12-14(29-18(25)26)11-21-17(30)23-4-1-5-23/h2-3,10,14H,1,4-9,11-12H2,(H,21,30)(H2,20,27,28). The lowest BCUT2D eigenvalue weighted by Crippen LogP contribution is -2.50. The third kappa shape index (κ3) is 4.84. The molecule has 1 aromatic rings. The number of hydrogen-bond donors (Lipinski definition) is 2. The van der Waals surface area contributed by atoms with Crippen molar-refractivity contribution in [2.24, 2.45) is 5.14 Å². The zero-order chi connectivity index (χ0) is 22.2. The second-order valence-electron chi connectivity index (χ2n) is 7.71. The van der Waals surface area contributed by atoms with E-state index in [9.17, 15) is 17.6 Å². The van der Waals surface area contributed by atoms with Crippen molar-refractivity contribution in [3.63, 3.8) is 0 Å². The Morgan fingerprint density at radius 3 is 2.52 bits per heavy atom. The Morgan fingerprint density at radius 1 is 1.23 bits per heavy atom. The van der Waals surface area contributed by atoms with Gasteiger partial charge in [-0.15, -0.1) is 0 Å². The molecule has 0 spiro atoms. The quantitative estimate of drug-likeness (QED) is 0.579. The van der Waals surface area contributed by atoms with E-state index in [1.807, 2.05) is 4.90 Å². The Labute approximate surface area is 185 Å². The van der Waals surface area contributed by atoms with Crippen LogP contribution in [0.5, 0.6) is 0 Å². The van der Waals surface area contributed by atoms with Gasteiger partial charge in [0.05, 0.1) is 24.5 Å². The maximum Gasteiger partial charge on any atom is 0.414 e. The van der Waals surface area contributed by atoms with Gasteiger partial charge in [0, 0.05) is 39.3 Å². The van der Waals surface area contributed by atoms with Crippen LogP contribution in [-0.2, 0) is 14.9 Å². The monoisotopic (exact) mass is 472 g/mol. The average molecular weight is 473 g/mol. The highest BCUT2D eigenvalue weighted by atomic mass is 32.2. The number of nitrogens with two attached hydrogens (primary N) is 1. The topological polar surface area (TPSA) is 111 Å². The van der Waals surface area contributed by atoms with Crippen LogP contribution in [0.15, 0.2) is 18.2 Å². The molecule has 3 aliphatic rings. The summed E-state index contributed by atoms with van der Waals surface area (Å²) in [5.41, 5.74) is 0.755. The maximum absolute atomic E-state index is 14.8. The number of nitrogens with zero attached hydrogens (tertiary/aromatic N) is 4. The van der Waals surface area contributed by atoms with Gasteiger partial charge in [-0.1, -0.05) is 0 Å². The summed E-state index contributed by atoms with van der Waals surface area (Å²) in [4.78, 5) is 17.5. The van der Waals surface area contributed by atoms with E-state index in [1.165, 1.54) is 11.0 Å². The number of benzene rings is 1. The number of anilines is 2. The predicted molar refractivity (Wildman–Crippen MR) is 118 cm³/mol. The second kappa shape index (κ2) is 8.73. The van der Waals surface area contributed by atoms with Gasteiger partial charge >= 0.3 is 6.09 Å². The van der Waals surface area contributed by atoms with Crippen LogP contribution >= 0.6 is 12.2 Å². The van der Waals surface area contributed by atoms with Gasteiger partial charge in [-0.2, -0.15) is 12.7 Å². The fraction of sp³-hybridized carbons (Fsp3) is 0.556. The summed E-state index contributed by atoms with van der Waals surface area (Å²) in [7, 11) is -3.75. The predicted octanol–water partition coefficient (Wildman–Crippen LogP) is 0.0566. The van der Waals surface area contributed by atoms with Crippen molar-refractivity contribution >= 4 is 45.0 Å². The number of amides is 1. The van der Waals surface area contributed by atoms with Crippen LogP contribution in [0.2, 0.25) is 0 Å². The second-order valence-corrected chi connectivity index (χ2v) is 9.64. The van der Waals surface area contributed by atoms with Crippen molar-refractivity contribution in [2.75, 3.05) is 62.2 Å². The van der Waals surface area contributed by atoms with Crippen molar-refractivity contribution in [3.8, 4) is 0 Å². The molecular weight excluding hydrogens is 447 g/mol. The van der Waals surface area contributed by atoms with Crippen LogP contribution in [0.4, 0.5) is 20.6 Å². The first-order valence-electron chi connectivity index (χ1n) is 10.1. The molecule has 0 saturated carbocycles. The summed E-state index contributed by atoms with van der Waals surface area (Å²) in [5.74, 6) is -0.491. The SMILES string of the molecule is NS(=O)(=O)N1CCN(c2ccc(N3CC(CNC(=S)N4CCC4)OC3=O)cc2F)CC1. The molecule has 4 rings (SSSR count). The first-order valence-corrected chi connectivity index (χ1v) is 12.0. The highest BCUT2D eigenvalue weighted by molar-refractivity contribution is 7.86. The highest BCUT2D eigenvalue weighted by Crippen LogP contribution is 2.28. The summed E-state index contributed by atoms with van der Waals surface area (Å²) < 4.78 is 44.2. The normalized spacial score (nSPS) is 22.3. The molecule has 0 aliphatic carbocycles. The van der Waals surface area contributed by atoms with Crippen LogP contribution < -0.4 is 20.3 Å². The molecule has 170 valence electrons. The Kier molecular flexibility index (Phi) is 6.19. The number of nitrogens with one attached hydrogen (secondary N) is 1. The summed E-state index contributed by atoms with van der Waals surface area (Å²) in [6.07, 6.45) is 0.202. The Hall–Kier alpha value is -2.22. The van der Waals surface area contributed by atoms with E-state index < -0.39 is 22.1 Å². The Bertz CT molecular complexity index is 966. The Morgan fingerprint density at radius 2 is 1.94 bits per heavy atom. The lowest BCUT2D eigenvalue weighted by molar-refractivity contribution is 0.142. The number of halogens is 1. The number of rotatable bonds is 5. The smallest absolute Gasteiger partial charge is 0.414 e. The lowest BCUT2D eigenvalue weighted by atomic mass is 10.2. The van der Waals surface area contributed by atoms with Crippen LogP contribution in [0.25, 0.3) is 0 Å². The average Bonchev–Trinajstić information content (AvgIpc) is 3.05. The molecule has 13 heteroatoms. The lowest BCUT2D eigenvalue weighted by Gasteiger charge is -2.34. The van der Waals surface area contributed by atoms with Crippen molar-refractivity contribution in [1.29, 1.82) is 0 Å². The summed E-state index contributed by atoms with van der Waals surface area (Å²) in [6.45, 7) is 3.58. The van der Waals surface area contributed by atoms with Gasteiger partial charge in [0.1, 0.15) is 11.9 Å². The molecular formula is C18H25FN6O4S2. The van der Waals surface area contributed by atoms with E-state index in [4.69, 9.17) is 22.1 Å². The summed E-state index contributed by atoms with van der Waals surface area (Å²) >= 11 is 5.30. The minimum Gasteiger partial charge on any atom is -0.442 e. The van der Waals surface area contributed by atoms with Crippen molar-refractivity contribution in [3.05, 3.63) is 24.0 Å². The highest BCUT2D eigenvalue weighted by Gasteiger charge is 2.33. The largest absolute Gasteiger partial charge is 0.442 e. The fourth-order valence-electron chi connectivity index (χ4n) is 3.77. The van der Waals surface area contributed by atoms with Crippen LogP contribution in [0.3, 0.4) is 0 Å². The molecule has 1 atom stereocenters. The third-order valence-corrected chi connectivity index (χ3v) is 7.17. The minimum absolute atomic E-state index is 0.187. The zero-order valence-electron chi connectivity index (χ0n) is 16.9. The van der Waals surface area contributed by atoms with Gasteiger partial charge in [0.25, 0.3) is 10.2 Å². The van der Waals surface area contributed by atoms with Crippen molar-refractivity contribution in [1.82, 2.24) is 14.5 Å². The molecule has 0 aromatic heterocycles. The number of carbonyl (C=O) groups excluding carboxylic acids is 1. The number of cyclic esters (lactones) is 1. The first kappa shape index (κ1) is 22.0. The molecule has 1 unspecified atom stereocenters. The van der Waals surface area contributed by atoms with Crippen molar-refractivity contribution < 1.29 is 22.3 Å².